The van der Waals surface area contributed by atoms with Crippen molar-refractivity contribution in [3.05, 3.63) is 59.1 Å². The summed E-state index contributed by atoms with van der Waals surface area (Å²) < 4.78 is 0.968. The minimum absolute atomic E-state index is 0.107. The van der Waals surface area contributed by atoms with Gasteiger partial charge in [0.1, 0.15) is 5.25 Å². The number of thioether (sulfide) groups is 1. The van der Waals surface area contributed by atoms with E-state index < -0.39 is 5.25 Å². The zero-order valence-electron chi connectivity index (χ0n) is 13.5. The summed E-state index contributed by atoms with van der Waals surface area (Å²) in [5, 5.41) is 2.95. The molecule has 0 radical (unpaired) electrons. The number of nitrogens with one attached hydrogen (secondary N) is 1. The highest BCUT2D eigenvalue weighted by Crippen LogP contribution is 2.31. The van der Waals surface area contributed by atoms with Crippen LogP contribution >= 0.6 is 27.7 Å². The molecule has 0 saturated carbocycles. The predicted molar refractivity (Wildman–Crippen MR) is 105 cm³/mol. The molecule has 1 fully saturated rings. The third kappa shape index (κ3) is 4.49. The van der Waals surface area contributed by atoms with Crippen molar-refractivity contribution >= 4 is 56.0 Å². The van der Waals surface area contributed by atoms with Gasteiger partial charge in [-0.1, -0.05) is 45.9 Å². The Hall–Kier alpha value is -2.12. The van der Waals surface area contributed by atoms with Gasteiger partial charge in [0.05, 0.1) is 5.69 Å². The lowest BCUT2D eigenvalue weighted by atomic mass is 10.2. The van der Waals surface area contributed by atoms with Crippen LogP contribution in [0.15, 0.2) is 64.1 Å². The maximum Gasteiger partial charge on any atom is 0.242 e. The Morgan fingerprint density at radius 2 is 1.88 bits per heavy atom. The number of anilines is 1. The number of carbonyl (C=O) groups is 2. The van der Waals surface area contributed by atoms with Crippen molar-refractivity contribution in [2.24, 2.45) is 4.99 Å². The molecule has 25 heavy (non-hydrogen) atoms. The first kappa shape index (κ1) is 17.7. The Kier molecular flexibility index (Phi) is 5.55. The maximum absolute atomic E-state index is 12.4. The van der Waals surface area contributed by atoms with Crippen molar-refractivity contribution in [2.75, 3.05) is 12.4 Å². The molecule has 7 heteroatoms. The number of benzene rings is 2. The summed E-state index contributed by atoms with van der Waals surface area (Å²) in [4.78, 5) is 30.6. The molecule has 0 bridgehead atoms. The third-order valence-corrected chi connectivity index (χ3v) is 5.38. The van der Waals surface area contributed by atoms with Gasteiger partial charge in [-0.15, -0.1) is 0 Å². The number of hydrogen-bond acceptors (Lipinski definition) is 4. The molecule has 128 valence electrons. The summed E-state index contributed by atoms with van der Waals surface area (Å²) in [6.07, 6.45) is 0.113. The molecule has 1 saturated heterocycles. The van der Waals surface area contributed by atoms with E-state index >= 15 is 0 Å². The SMILES string of the molecule is CN1C(=O)[C@@H](CC(=O)Nc2ccccc2)SC1=Nc1ccc(Br)cc1. The van der Waals surface area contributed by atoms with Gasteiger partial charge in [0.15, 0.2) is 5.17 Å². The topological polar surface area (TPSA) is 61.8 Å². The molecule has 2 aromatic carbocycles. The monoisotopic (exact) mass is 417 g/mol. The second kappa shape index (κ2) is 7.84. The molecule has 0 spiro atoms. The van der Waals surface area contributed by atoms with Gasteiger partial charge in [-0.2, -0.15) is 0 Å². The molecular formula is C18H16BrN3O2S. The minimum Gasteiger partial charge on any atom is -0.326 e. The number of nitrogens with zero attached hydrogens (tertiary/aromatic N) is 2. The van der Waals surface area contributed by atoms with Crippen LogP contribution in [0.4, 0.5) is 11.4 Å². The fourth-order valence-corrected chi connectivity index (χ4v) is 3.74. The first-order valence-electron chi connectivity index (χ1n) is 7.66. The van der Waals surface area contributed by atoms with Crippen molar-refractivity contribution in [1.29, 1.82) is 0 Å². The first-order valence-corrected chi connectivity index (χ1v) is 9.33. The maximum atomic E-state index is 12.4. The standard InChI is InChI=1S/C18H16BrN3O2S/c1-22-17(24)15(11-16(23)20-13-5-3-2-4-6-13)25-18(22)21-14-9-7-12(19)8-10-14/h2-10,15H,11H2,1H3,(H,20,23)/t15-/m1/s1. The number of hydrogen-bond donors (Lipinski definition) is 1. The summed E-state index contributed by atoms with van der Waals surface area (Å²) in [5.41, 5.74) is 1.49. The van der Waals surface area contributed by atoms with Crippen LogP contribution < -0.4 is 5.32 Å². The van der Waals surface area contributed by atoms with Crippen LogP contribution in [-0.4, -0.2) is 34.2 Å². The molecule has 3 rings (SSSR count). The van der Waals surface area contributed by atoms with Crippen molar-refractivity contribution in [1.82, 2.24) is 4.90 Å². The van der Waals surface area contributed by atoms with E-state index in [1.165, 1.54) is 16.7 Å². The van der Waals surface area contributed by atoms with Crippen LogP contribution in [0.5, 0.6) is 0 Å². The van der Waals surface area contributed by atoms with Crippen LogP contribution in [0.2, 0.25) is 0 Å². The van der Waals surface area contributed by atoms with E-state index in [0.29, 0.717) is 5.17 Å². The lowest BCUT2D eigenvalue weighted by Crippen LogP contribution is -2.30. The molecule has 1 heterocycles. The molecule has 1 aliphatic rings. The Labute approximate surface area is 158 Å². The van der Waals surface area contributed by atoms with Gasteiger partial charge in [0.2, 0.25) is 11.8 Å². The zero-order valence-corrected chi connectivity index (χ0v) is 15.9. The fraction of sp³-hybridized carbons (Fsp3) is 0.167. The van der Waals surface area contributed by atoms with Crippen molar-refractivity contribution in [2.45, 2.75) is 11.7 Å². The summed E-state index contributed by atoms with van der Waals surface area (Å²) in [6.45, 7) is 0. The lowest BCUT2D eigenvalue weighted by Gasteiger charge is -2.09. The second-order valence-electron chi connectivity index (χ2n) is 5.49. The Morgan fingerprint density at radius 3 is 2.56 bits per heavy atom. The fourth-order valence-electron chi connectivity index (χ4n) is 2.33. The average Bonchev–Trinajstić information content (AvgIpc) is 2.86. The van der Waals surface area contributed by atoms with Gasteiger partial charge in [-0.25, -0.2) is 4.99 Å². The molecule has 0 aromatic heterocycles. The molecular weight excluding hydrogens is 402 g/mol. The number of halogens is 1. The summed E-state index contributed by atoms with van der Waals surface area (Å²) >= 11 is 4.70. The Balaban J connectivity index is 1.66. The molecule has 1 atom stereocenters. The van der Waals surface area contributed by atoms with Crippen LogP contribution in [-0.2, 0) is 9.59 Å². The third-order valence-electron chi connectivity index (χ3n) is 3.62. The normalized spacial score (nSPS) is 18.6. The number of rotatable bonds is 4. The molecule has 0 unspecified atom stereocenters. The molecule has 1 aliphatic heterocycles. The molecule has 5 nitrogen and oxygen atoms in total. The Morgan fingerprint density at radius 1 is 1.20 bits per heavy atom. The van der Waals surface area contributed by atoms with Gasteiger partial charge in [-0.05, 0) is 36.4 Å². The molecule has 2 aromatic rings. The van der Waals surface area contributed by atoms with E-state index in [9.17, 15) is 9.59 Å². The summed E-state index contributed by atoms with van der Waals surface area (Å²) in [6, 6.07) is 16.7. The van der Waals surface area contributed by atoms with E-state index in [4.69, 9.17) is 0 Å². The van der Waals surface area contributed by atoms with Crippen molar-refractivity contribution < 1.29 is 9.59 Å². The average molecular weight is 418 g/mol. The highest BCUT2D eigenvalue weighted by atomic mass is 79.9. The van der Waals surface area contributed by atoms with Gasteiger partial charge < -0.3 is 5.32 Å². The second-order valence-corrected chi connectivity index (χ2v) is 7.58. The number of amidine groups is 1. The largest absolute Gasteiger partial charge is 0.326 e. The number of carbonyl (C=O) groups excluding carboxylic acids is 2. The lowest BCUT2D eigenvalue weighted by molar-refractivity contribution is -0.127. The number of para-hydroxylation sites is 1. The van der Waals surface area contributed by atoms with E-state index in [0.717, 1.165) is 15.8 Å². The van der Waals surface area contributed by atoms with E-state index in [1.807, 2.05) is 54.6 Å². The van der Waals surface area contributed by atoms with Crippen LogP contribution in [0.3, 0.4) is 0 Å². The first-order chi connectivity index (χ1) is 12.0. The Bertz CT molecular complexity index is 809. The van der Waals surface area contributed by atoms with Crippen molar-refractivity contribution in [3.63, 3.8) is 0 Å². The number of aliphatic imine (C=N–C) groups is 1. The van der Waals surface area contributed by atoms with Crippen molar-refractivity contribution in [3.8, 4) is 0 Å². The van der Waals surface area contributed by atoms with Crippen LogP contribution in [0, 0.1) is 0 Å². The van der Waals surface area contributed by atoms with Gasteiger partial charge >= 0.3 is 0 Å². The molecule has 0 aliphatic carbocycles. The van der Waals surface area contributed by atoms with Crippen LogP contribution in [0.25, 0.3) is 0 Å². The van der Waals surface area contributed by atoms with E-state index in [-0.39, 0.29) is 18.2 Å². The minimum atomic E-state index is -0.456. The summed E-state index contributed by atoms with van der Waals surface area (Å²) in [7, 11) is 1.68. The predicted octanol–water partition coefficient (Wildman–Crippen LogP) is 4.04. The van der Waals surface area contributed by atoms with E-state index in [2.05, 4.69) is 26.2 Å². The van der Waals surface area contributed by atoms with E-state index in [1.54, 1.807) is 7.05 Å². The van der Waals surface area contributed by atoms with Gasteiger partial charge in [0, 0.05) is 23.6 Å². The van der Waals surface area contributed by atoms with Gasteiger partial charge in [0.25, 0.3) is 0 Å². The smallest absolute Gasteiger partial charge is 0.242 e. The highest BCUT2D eigenvalue weighted by molar-refractivity contribution is 9.10. The molecule has 2 amide bonds. The van der Waals surface area contributed by atoms with Crippen LogP contribution in [0.1, 0.15) is 6.42 Å². The highest BCUT2D eigenvalue weighted by Gasteiger charge is 2.36. The summed E-state index contributed by atoms with van der Waals surface area (Å²) in [5.74, 6) is -0.292. The quantitative estimate of drug-likeness (QED) is 0.816. The molecule has 1 N–H and O–H groups in total. The number of amides is 2. The zero-order chi connectivity index (χ0) is 17.8. The van der Waals surface area contributed by atoms with Gasteiger partial charge in [-0.3, -0.25) is 14.5 Å².